The number of hydrogen-bond acceptors (Lipinski definition) is 5. The van der Waals surface area contributed by atoms with Gasteiger partial charge in [0.25, 0.3) is 0 Å². The molecule has 0 radical (unpaired) electrons. The predicted molar refractivity (Wildman–Crippen MR) is 93.4 cm³/mol. The first-order chi connectivity index (χ1) is 11.6. The van der Waals surface area contributed by atoms with Crippen LogP contribution in [-0.2, 0) is 4.79 Å². The van der Waals surface area contributed by atoms with Gasteiger partial charge >= 0.3 is 0 Å². The topological polar surface area (TPSA) is 89.6 Å². The summed E-state index contributed by atoms with van der Waals surface area (Å²) in [5, 5.41) is 21.2. The Balaban J connectivity index is 2.20. The highest BCUT2D eigenvalue weighted by Crippen LogP contribution is 2.28. The zero-order chi connectivity index (χ0) is 17.5. The second-order valence-corrected chi connectivity index (χ2v) is 6.27. The summed E-state index contributed by atoms with van der Waals surface area (Å²) in [6.07, 6.45) is 0.575. The number of nitrogens with one attached hydrogen (secondary N) is 1. The van der Waals surface area contributed by atoms with E-state index in [4.69, 9.17) is 5.26 Å². The van der Waals surface area contributed by atoms with E-state index in [2.05, 4.69) is 22.4 Å². The second kappa shape index (κ2) is 8.14. The highest BCUT2D eigenvalue weighted by Gasteiger charge is 2.21. The lowest BCUT2D eigenvalue weighted by molar-refractivity contribution is -0.115. The molecular formula is C18H16N4OS. The highest BCUT2D eigenvalue weighted by atomic mass is 32.2. The first-order valence-electron chi connectivity index (χ1n) is 7.43. The third-order valence-corrected chi connectivity index (χ3v) is 4.71. The third kappa shape index (κ3) is 4.13. The number of thioether (sulfide) groups is 1. The maximum absolute atomic E-state index is 12.5. The molecule has 0 saturated heterocycles. The van der Waals surface area contributed by atoms with Crippen LogP contribution in [-0.4, -0.2) is 16.1 Å². The Morgan fingerprint density at radius 3 is 2.58 bits per heavy atom. The molecule has 0 aliphatic carbocycles. The van der Waals surface area contributed by atoms with Crippen LogP contribution in [0, 0.1) is 29.6 Å². The number of anilines is 1. The number of pyridine rings is 1. The fraction of sp³-hybridized carbons (Fsp3) is 0.222. The molecule has 0 aliphatic heterocycles. The minimum absolute atomic E-state index is 0.211. The first-order valence-corrected chi connectivity index (χ1v) is 8.31. The van der Waals surface area contributed by atoms with Gasteiger partial charge in [0.2, 0.25) is 5.91 Å². The van der Waals surface area contributed by atoms with E-state index in [1.165, 1.54) is 11.8 Å². The van der Waals surface area contributed by atoms with Crippen LogP contribution in [0.25, 0.3) is 0 Å². The largest absolute Gasteiger partial charge is 0.324 e. The monoisotopic (exact) mass is 336 g/mol. The summed E-state index contributed by atoms with van der Waals surface area (Å²) >= 11 is 1.27. The van der Waals surface area contributed by atoms with Crippen molar-refractivity contribution in [2.24, 2.45) is 0 Å². The summed E-state index contributed by atoms with van der Waals surface area (Å²) in [6.45, 7) is 3.74. The molecule has 0 aliphatic rings. The standard InChI is InChI=1S/C18H16N4OS/c1-3-16(24-18-14(11-20)9-8-12(2)21-18)17(23)22-15-7-5-4-6-13(15)10-19/h4-9,16H,3H2,1-2H3,(H,22,23). The Morgan fingerprint density at radius 2 is 1.92 bits per heavy atom. The molecule has 0 spiro atoms. The Kier molecular flexibility index (Phi) is 5.95. The van der Waals surface area contributed by atoms with E-state index in [0.29, 0.717) is 28.3 Å². The molecule has 1 aromatic carbocycles. The number of para-hydroxylation sites is 1. The van der Waals surface area contributed by atoms with Crippen molar-refractivity contribution >= 4 is 23.4 Å². The number of nitrogens with zero attached hydrogens (tertiary/aromatic N) is 3. The summed E-state index contributed by atoms with van der Waals surface area (Å²) < 4.78 is 0. The van der Waals surface area contributed by atoms with Gasteiger partial charge in [-0.3, -0.25) is 4.79 Å². The molecule has 120 valence electrons. The number of hydrogen-bond donors (Lipinski definition) is 1. The highest BCUT2D eigenvalue weighted by molar-refractivity contribution is 8.00. The summed E-state index contributed by atoms with van der Waals surface area (Å²) in [7, 11) is 0. The molecule has 5 nitrogen and oxygen atoms in total. The number of aromatic nitrogens is 1. The van der Waals surface area contributed by atoms with Crippen molar-refractivity contribution < 1.29 is 4.79 Å². The van der Waals surface area contributed by atoms with E-state index in [-0.39, 0.29) is 5.91 Å². The minimum atomic E-state index is -0.404. The normalized spacial score (nSPS) is 11.2. The number of benzene rings is 1. The van der Waals surface area contributed by atoms with Crippen molar-refractivity contribution in [3.05, 3.63) is 53.2 Å². The average Bonchev–Trinajstić information content (AvgIpc) is 2.60. The van der Waals surface area contributed by atoms with Crippen LogP contribution >= 0.6 is 11.8 Å². The number of carbonyl (C=O) groups is 1. The second-order valence-electron chi connectivity index (χ2n) is 5.08. The fourth-order valence-corrected chi connectivity index (χ4v) is 3.11. The molecule has 1 heterocycles. The van der Waals surface area contributed by atoms with Crippen LogP contribution in [0.3, 0.4) is 0 Å². The van der Waals surface area contributed by atoms with Crippen LogP contribution in [0.15, 0.2) is 41.4 Å². The molecule has 1 N–H and O–H groups in total. The van der Waals surface area contributed by atoms with E-state index in [9.17, 15) is 10.1 Å². The summed E-state index contributed by atoms with van der Waals surface area (Å²) in [6, 6.07) is 14.5. The lowest BCUT2D eigenvalue weighted by Crippen LogP contribution is -2.25. The zero-order valence-corrected chi connectivity index (χ0v) is 14.2. The quantitative estimate of drug-likeness (QED) is 0.842. The van der Waals surface area contributed by atoms with Crippen LogP contribution in [0.2, 0.25) is 0 Å². The maximum atomic E-state index is 12.5. The SMILES string of the molecule is CCC(Sc1nc(C)ccc1C#N)C(=O)Nc1ccccc1C#N. The van der Waals surface area contributed by atoms with Gasteiger partial charge in [-0.2, -0.15) is 10.5 Å². The van der Waals surface area contributed by atoms with Gasteiger partial charge in [0, 0.05) is 5.69 Å². The van der Waals surface area contributed by atoms with Crippen molar-refractivity contribution in [1.82, 2.24) is 4.98 Å². The van der Waals surface area contributed by atoms with Crippen molar-refractivity contribution in [1.29, 1.82) is 10.5 Å². The Hall–Kier alpha value is -2.83. The average molecular weight is 336 g/mol. The van der Waals surface area contributed by atoms with Gasteiger partial charge in [-0.25, -0.2) is 4.98 Å². The van der Waals surface area contributed by atoms with Gasteiger partial charge in [0.05, 0.1) is 22.1 Å². The lowest BCUT2D eigenvalue weighted by Gasteiger charge is -2.15. The van der Waals surface area contributed by atoms with E-state index < -0.39 is 5.25 Å². The summed E-state index contributed by atoms with van der Waals surface area (Å²) in [5.41, 5.74) is 2.15. The Bertz CT molecular complexity index is 836. The van der Waals surface area contributed by atoms with Gasteiger partial charge in [0.15, 0.2) is 0 Å². The molecule has 1 amide bonds. The number of nitriles is 2. The molecule has 2 aromatic rings. The number of carbonyl (C=O) groups excluding carboxylic acids is 1. The molecule has 2 rings (SSSR count). The number of rotatable bonds is 5. The van der Waals surface area contributed by atoms with E-state index in [0.717, 1.165) is 5.69 Å². The minimum Gasteiger partial charge on any atom is -0.324 e. The zero-order valence-electron chi connectivity index (χ0n) is 13.4. The first kappa shape index (κ1) is 17.5. The van der Waals surface area contributed by atoms with Crippen molar-refractivity contribution in [3.63, 3.8) is 0 Å². The molecule has 0 fully saturated rings. The van der Waals surface area contributed by atoms with Gasteiger partial charge in [-0.15, -0.1) is 0 Å². The fourth-order valence-electron chi connectivity index (χ4n) is 2.07. The molecule has 0 saturated carbocycles. The molecule has 0 bridgehead atoms. The van der Waals surface area contributed by atoms with Gasteiger partial charge < -0.3 is 5.32 Å². The Labute approximate surface area is 145 Å². The third-order valence-electron chi connectivity index (χ3n) is 3.34. The van der Waals surface area contributed by atoms with Crippen molar-refractivity contribution in [2.45, 2.75) is 30.5 Å². The van der Waals surface area contributed by atoms with E-state index >= 15 is 0 Å². The maximum Gasteiger partial charge on any atom is 0.237 e. The van der Waals surface area contributed by atoms with E-state index in [1.807, 2.05) is 13.8 Å². The van der Waals surface area contributed by atoms with Crippen LogP contribution in [0.1, 0.15) is 30.2 Å². The molecule has 1 unspecified atom stereocenters. The van der Waals surface area contributed by atoms with Crippen molar-refractivity contribution in [2.75, 3.05) is 5.32 Å². The van der Waals surface area contributed by atoms with Crippen LogP contribution < -0.4 is 5.32 Å². The smallest absolute Gasteiger partial charge is 0.237 e. The molecule has 24 heavy (non-hydrogen) atoms. The summed E-state index contributed by atoms with van der Waals surface area (Å²) in [4.78, 5) is 16.9. The Morgan fingerprint density at radius 1 is 1.21 bits per heavy atom. The summed E-state index contributed by atoms with van der Waals surface area (Å²) in [5.74, 6) is -0.211. The van der Waals surface area contributed by atoms with Crippen molar-refractivity contribution in [3.8, 4) is 12.1 Å². The van der Waals surface area contributed by atoms with Gasteiger partial charge in [-0.05, 0) is 37.6 Å². The van der Waals surface area contributed by atoms with Gasteiger partial charge in [0.1, 0.15) is 17.2 Å². The molecule has 1 atom stereocenters. The molecule has 1 aromatic heterocycles. The van der Waals surface area contributed by atoms with Gasteiger partial charge in [-0.1, -0.05) is 30.8 Å². The van der Waals surface area contributed by atoms with E-state index in [1.54, 1.807) is 36.4 Å². The number of amides is 1. The number of aryl methyl sites for hydroxylation is 1. The van der Waals surface area contributed by atoms with Crippen LogP contribution in [0.5, 0.6) is 0 Å². The molecule has 6 heteroatoms. The molecular weight excluding hydrogens is 320 g/mol. The lowest BCUT2D eigenvalue weighted by atomic mass is 10.2. The predicted octanol–water partition coefficient (Wildman–Crippen LogP) is 3.64. The van der Waals surface area contributed by atoms with Crippen LogP contribution in [0.4, 0.5) is 5.69 Å².